The molecule has 3 rings (SSSR count). The lowest BCUT2D eigenvalue weighted by atomic mass is 9.86. The topological polar surface area (TPSA) is 86.6 Å². The number of carbonyl (C=O) groups is 2. The normalized spacial score (nSPS) is 15.1. The molecule has 2 aromatic rings. The number of rotatable bonds is 6. The molecule has 2 atom stereocenters. The van der Waals surface area contributed by atoms with Crippen LogP contribution in [0.15, 0.2) is 36.4 Å². The fraction of sp³-hybridized carbons (Fsp3) is 0.364. The summed E-state index contributed by atoms with van der Waals surface area (Å²) in [5.41, 5.74) is 0.630. The van der Waals surface area contributed by atoms with Crippen LogP contribution in [0.2, 0.25) is 10.0 Å². The van der Waals surface area contributed by atoms with Crippen molar-refractivity contribution in [2.45, 2.75) is 38.3 Å². The molecule has 2 aromatic carbocycles. The fourth-order valence-electron chi connectivity index (χ4n) is 3.22. The first-order valence-corrected chi connectivity index (χ1v) is 10.6. The quantitative estimate of drug-likeness (QED) is 0.358. The molecule has 0 radical (unpaired) electrons. The molecule has 11 heteroatoms. The smallest absolute Gasteiger partial charge is 0.450 e. The number of anilines is 1. The van der Waals surface area contributed by atoms with E-state index in [1.807, 2.05) is 0 Å². The maximum Gasteiger partial charge on any atom is 0.503 e. The van der Waals surface area contributed by atoms with Gasteiger partial charge in [-0.2, -0.15) is 13.2 Å². The Morgan fingerprint density at radius 2 is 1.67 bits per heavy atom. The second-order valence-electron chi connectivity index (χ2n) is 7.70. The molecule has 1 saturated carbocycles. The minimum absolute atomic E-state index is 0.143. The van der Waals surface area contributed by atoms with Crippen LogP contribution in [0.4, 0.5) is 28.0 Å². The minimum atomic E-state index is -4.61. The number of hydrogen-bond acceptors (Lipinski definition) is 2. The summed E-state index contributed by atoms with van der Waals surface area (Å²) < 4.78 is 54.6. The molecule has 180 valence electrons. The van der Waals surface area contributed by atoms with Crippen LogP contribution < -0.4 is 5.32 Å². The van der Waals surface area contributed by atoms with E-state index in [0.717, 1.165) is 25.8 Å². The van der Waals surface area contributed by atoms with Crippen LogP contribution in [-0.4, -0.2) is 28.5 Å². The van der Waals surface area contributed by atoms with Gasteiger partial charge in [0.25, 0.3) is 0 Å². The summed E-state index contributed by atoms with van der Waals surface area (Å²) in [5, 5.41) is 16.9. The number of hydrogen-bond donors (Lipinski definition) is 3. The average Bonchev–Trinajstić information content (AvgIpc) is 3.50. The number of halogens is 6. The zero-order valence-corrected chi connectivity index (χ0v) is 18.8. The van der Waals surface area contributed by atoms with Crippen molar-refractivity contribution >= 4 is 41.0 Å². The minimum Gasteiger partial charge on any atom is -0.450 e. The van der Waals surface area contributed by atoms with Gasteiger partial charge in [0.1, 0.15) is 5.82 Å². The maximum absolute atomic E-state index is 14.4. The summed E-state index contributed by atoms with van der Waals surface area (Å²) in [7, 11) is 0. The number of nitrogens with one attached hydrogen (secondary N) is 1. The third kappa shape index (κ3) is 8.08. The molecule has 0 saturated heterocycles. The summed E-state index contributed by atoms with van der Waals surface area (Å²) in [5.74, 6) is -4.82. The molecule has 1 fully saturated rings. The van der Waals surface area contributed by atoms with Crippen LogP contribution in [0.25, 0.3) is 0 Å². The molecule has 0 aromatic heterocycles. The van der Waals surface area contributed by atoms with Gasteiger partial charge < -0.3 is 15.5 Å². The summed E-state index contributed by atoms with van der Waals surface area (Å²) in [6, 6.07) is 8.05. The van der Waals surface area contributed by atoms with Crippen molar-refractivity contribution in [3.05, 3.63) is 63.4 Å². The highest BCUT2D eigenvalue weighted by atomic mass is 35.5. The van der Waals surface area contributed by atoms with Crippen molar-refractivity contribution in [3.8, 4) is 0 Å². The van der Waals surface area contributed by atoms with Crippen LogP contribution in [0, 0.1) is 17.7 Å². The van der Waals surface area contributed by atoms with Gasteiger partial charge >= 0.3 is 12.3 Å². The molecule has 1 aliphatic carbocycles. The van der Waals surface area contributed by atoms with Gasteiger partial charge in [0.15, 0.2) is 0 Å². The lowest BCUT2D eigenvalue weighted by molar-refractivity contribution is -0.178. The first-order chi connectivity index (χ1) is 15.3. The Kier molecular flexibility index (Phi) is 8.97. The average molecular weight is 510 g/mol. The summed E-state index contributed by atoms with van der Waals surface area (Å²) in [4.78, 5) is 21.4. The van der Waals surface area contributed by atoms with Gasteiger partial charge in [-0.05, 0) is 60.6 Å². The van der Waals surface area contributed by atoms with Crippen molar-refractivity contribution in [2.24, 2.45) is 11.8 Å². The molecule has 0 aliphatic heterocycles. The zero-order chi connectivity index (χ0) is 24.9. The summed E-state index contributed by atoms with van der Waals surface area (Å²) in [6.45, 7) is 0.926. The molecule has 0 heterocycles. The Morgan fingerprint density at radius 3 is 2.15 bits per heavy atom. The largest absolute Gasteiger partial charge is 0.503 e. The van der Waals surface area contributed by atoms with E-state index in [1.54, 1.807) is 0 Å². The van der Waals surface area contributed by atoms with Crippen LogP contribution in [0.1, 0.15) is 36.8 Å². The van der Waals surface area contributed by atoms with Crippen molar-refractivity contribution in [1.29, 1.82) is 0 Å². The maximum atomic E-state index is 14.4. The Hall–Kier alpha value is -2.52. The first-order valence-electron chi connectivity index (χ1n) is 9.82. The van der Waals surface area contributed by atoms with Gasteiger partial charge in [-0.1, -0.05) is 42.3 Å². The fourth-order valence-corrected chi connectivity index (χ4v) is 3.57. The van der Waals surface area contributed by atoms with E-state index < -0.39 is 35.9 Å². The summed E-state index contributed by atoms with van der Waals surface area (Å²) >= 11 is 11.9. The Bertz CT molecular complexity index is 991. The molecule has 0 spiro atoms. The van der Waals surface area contributed by atoms with Gasteiger partial charge in [-0.3, -0.25) is 4.79 Å². The molecule has 33 heavy (non-hydrogen) atoms. The lowest BCUT2D eigenvalue weighted by Crippen LogP contribution is -2.34. The lowest BCUT2D eigenvalue weighted by Gasteiger charge is -2.26. The highest BCUT2D eigenvalue weighted by Crippen LogP contribution is 2.39. The van der Waals surface area contributed by atoms with Gasteiger partial charge in [0, 0.05) is 10.0 Å². The molecule has 1 aliphatic rings. The monoisotopic (exact) mass is 509 g/mol. The van der Waals surface area contributed by atoms with Crippen molar-refractivity contribution in [3.63, 3.8) is 0 Å². The number of amides is 1. The van der Waals surface area contributed by atoms with E-state index in [2.05, 4.69) is 5.32 Å². The van der Waals surface area contributed by atoms with Gasteiger partial charge in [-0.25, -0.2) is 9.18 Å². The third-order valence-corrected chi connectivity index (χ3v) is 5.73. The molecule has 1 amide bonds. The Morgan fingerprint density at radius 1 is 1.12 bits per heavy atom. The van der Waals surface area contributed by atoms with Crippen LogP contribution in [0.3, 0.4) is 0 Å². The van der Waals surface area contributed by atoms with E-state index >= 15 is 0 Å². The predicted molar refractivity (Wildman–Crippen MR) is 117 cm³/mol. The highest BCUT2D eigenvalue weighted by molar-refractivity contribution is 6.31. The van der Waals surface area contributed by atoms with Crippen molar-refractivity contribution < 1.29 is 37.4 Å². The van der Waals surface area contributed by atoms with Crippen LogP contribution >= 0.6 is 23.2 Å². The predicted octanol–water partition coefficient (Wildman–Crippen LogP) is 7.23. The Balaban J connectivity index is 0.000000890. The van der Waals surface area contributed by atoms with Gasteiger partial charge in [0.2, 0.25) is 5.91 Å². The second-order valence-corrected chi connectivity index (χ2v) is 8.55. The van der Waals surface area contributed by atoms with E-state index in [4.69, 9.17) is 38.2 Å². The second kappa shape index (κ2) is 11.1. The van der Waals surface area contributed by atoms with Crippen molar-refractivity contribution in [1.82, 2.24) is 0 Å². The molecule has 5 nitrogen and oxygen atoms in total. The van der Waals surface area contributed by atoms with Crippen LogP contribution in [-0.2, 0) is 11.2 Å². The zero-order valence-electron chi connectivity index (χ0n) is 17.3. The van der Waals surface area contributed by atoms with Crippen LogP contribution in [0.5, 0.6) is 0 Å². The third-order valence-electron chi connectivity index (χ3n) is 5.13. The molecule has 0 bridgehead atoms. The van der Waals surface area contributed by atoms with Crippen molar-refractivity contribution in [2.75, 3.05) is 5.32 Å². The number of benzene rings is 2. The van der Waals surface area contributed by atoms with E-state index in [0.29, 0.717) is 22.9 Å². The number of alkyl halides is 3. The highest BCUT2D eigenvalue weighted by Gasteiger charge is 2.45. The Labute approximate surface area is 197 Å². The van der Waals surface area contributed by atoms with Gasteiger partial charge in [-0.15, -0.1) is 0 Å². The van der Waals surface area contributed by atoms with Gasteiger partial charge in [0.05, 0.1) is 17.5 Å². The van der Waals surface area contributed by atoms with E-state index in [-0.39, 0.29) is 16.3 Å². The summed E-state index contributed by atoms with van der Waals surface area (Å²) in [6.07, 6.45) is -3.70. The molecular formula is C22H21Cl2F4NO4. The van der Waals surface area contributed by atoms with E-state index in [1.165, 1.54) is 30.3 Å². The number of carboxylic acid groups (broad SMARTS) is 2. The standard InChI is InChI=1S/C21H19Cl2F4NO.CH2O3/c1-11(21(25,26)27)19(13-4-6-15(22)7-5-13)20(29)28-18-9-14(8-12-2-3-12)16(23)10-17(18)24;2-1(3)4/h4-7,9-12,19H,2-3,8H2,1H3,(H,28,29);(H2,2,3,4)/t11-,19+;/m1./s1. The SMILES string of the molecule is C[C@H]([C@H](C(=O)Nc1cc(CC2CC2)c(Cl)cc1F)c1ccc(Cl)cc1)C(F)(F)F.O=C(O)O. The molecule has 0 unspecified atom stereocenters. The van der Waals surface area contributed by atoms with E-state index in [9.17, 15) is 22.4 Å². The number of carbonyl (C=O) groups excluding carboxylic acids is 1. The molecule has 3 N–H and O–H groups in total. The first kappa shape index (κ1) is 26.7. The molecular weight excluding hydrogens is 489 g/mol.